The molecule has 0 aromatic carbocycles. The zero-order valence-electron chi connectivity index (χ0n) is 10.1. The maximum atomic E-state index is 12.4. The van der Waals surface area contributed by atoms with Gasteiger partial charge >= 0.3 is 0 Å². The summed E-state index contributed by atoms with van der Waals surface area (Å²) in [6.45, 7) is 3.97. The fourth-order valence-corrected chi connectivity index (χ4v) is 3.85. The molecule has 2 unspecified atom stereocenters. The van der Waals surface area contributed by atoms with E-state index in [0.29, 0.717) is 11.9 Å². The summed E-state index contributed by atoms with van der Waals surface area (Å²) in [4.78, 5) is 14.5. The second-order valence-corrected chi connectivity index (χ2v) is 5.79. The molecule has 2 fully saturated rings. The molecule has 2 aliphatic rings. The van der Waals surface area contributed by atoms with Crippen molar-refractivity contribution in [3.05, 3.63) is 0 Å². The molecule has 0 aliphatic carbocycles. The molecule has 1 N–H and O–H groups in total. The lowest BCUT2D eigenvalue weighted by Gasteiger charge is -2.33. The third-order valence-corrected chi connectivity index (χ3v) is 4.72. The van der Waals surface area contributed by atoms with Crippen molar-refractivity contribution in [1.82, 2.24) is 10.2 Å². The van der Waals surface area contributed by atoms with Crippen LogP contribution in [-0.4, -0.2) is 47.5 Å². The zero-order valence-corrected chi connectivity index (χ0v) is 10.9. The number of piperidine rings is 1. The molecule has 0 aromatic rings. The first-order valence-corrected chi connectivity index (χ1v) is 7.60. The molecular weight excluding hydrogens is 220 g/mol. The van der Waals surface area contributed by atoms with E-state index in [2.05, 4.69) is 17.1 Å². The van der Waals surface area contributed by atoms with E-state index in [1.54, 1.807) is 0 Å². The maximum Gasteiger partial charge on any atom is 0.239 e. The summed E-state index contributed by atoms with van der Waals surface area (Å²) in [7, 11) is 0. The van der Waals surface area contributed by atoms with Crippen LogP contribution in [0.5, 0.6) is 0 Å². The summed E-state index contributed by atoms with van der Waals surface area (Å²) < 4.78 is 0. The van der Waals surface area contributed by atoms with Gasteiger partial charge in [-0.3, -0.25) is 4.79 Å². The van der Waals surface area contributed by atoms with Gasteiger partial charge < -0.3 is 10.2 Å². The summed E-state index contributed by atoms with van der Waals surface area (Å²) in [5, 5.41) is 3.36. The first-order chi connectivity index (χ1) is 7.83. The Hall–Kier alpha value is -0.220. The van der Waals surface area contributed by atoms with E-state index in [-0.39, 0.29) is 6.04 Å². The molecular formula is C12H22N2OS. The van der Waals surface area contributed by atoms with Gasteiger partial charge in [0.25, 0.3) is 0 Å². The topological polar surface area (TPSA) is 32.3 Å². The maximum absolute atomic E-state index is 12.4. The summed E-state index contributed by atoms with van der Waals surface area (Å²) >= 11 is 1.98. The summed E-state index contributed by atoms with van der Waals surface area (Å²) in [5.41, 5.74) is 0. The highest BCUT2D eigenvalue weighted by Gasteiger charge is 2.30. The molecule has 4 heteroatoms. The molecule has 2 rings (SSSR count). The predicted molar refractivity (Wildman–Crippen MR) is 68.8 cm³/mol. The van der Waals surface area contributed by atoms with Crippen LogP contribution in [0, 0.1) is 0 Å². The van der Waals surface area contributed by atoms with Crippen LogP contribution in [0.25, 0.3) is 0 Å². The van der Waals surface area contributed by atoms with Gasteiger partial charge in [0, 0.05) is 18.3 Å². The number of rotatable bonds is 3. The number of carbonyl (C=O) groups excluding carboxylic acids is 1. The van der Waals surface area contributed by atoms with Crippen molar-refractivity contribution in [2.45, 2.75) is 44.7 Å². The van der Waals surface area contributed by atoms with E-state index in [9.17, 15) is 4.79 Å². The second kappa shape index (κ2) is 5.92. The number of nitrogens with zero attached hydrogens (tertiary/aromatic N) is 1. The van der Waals surface area contributed by atoms with Crippen molar-refractivity contribution in [1.29, 1.82) is 0 Å². The van der Waals surface area contributed by atoms with Crippen molar-refractivity contribution in [2.24, 2.45) is 0 Å². The molecule has 2 heterocycles. The third kappa shape index (κ3) is 2.72. The Morgan fingerprint density at radius 1 is 1.44 bits per heavy atom. The molecule has 0 radical (unpaired) electrons. The fraction of sp³-hybridized carbons (Fsp3) is 0.917. The molecule has 2 saturated heterocycles. The lowest BCUT2D eigenvalue weighted by molar-refractivity contribution is -0.135. The summed E-state index contributed by atoms with van der Waals surface area (Å²) in [5.74, 6) is 2.69. The quantitative estimate of drug-likeness (QED) is 0.813. The Morgan fingerprint density at radius 3 is 2.88 bits per heavy atom. The molecule has 0 saturated carbocycles. The summed E-state index contributed by atoms with van der Waals surface area (Å²) in [6.07, 6.45) is 4.61. The van der Waals surface area contributed by atoms with Crippen LogP contribution in [0.4, 0.5) is 0 Å². The van der Waals surface area contributed by atoms with Crippen LogP contribution >= 0.6 is 11.8 Å². The minimum Gasteiger partial charge on any atom is -0.338 e. The van der Waals surface area contributed by atoms with Crippen LogP contribution in [0.2, 0.25) is 0 Å². The highest BCUT2D eigenvalue weighted by Crippen LogP contribution is 2.23. The molecule has 0 spiro atoms. The number of likely N-dealkylation sites (N-methyl/N-ethyl adjacent to an activating group) is 1. The lowest BCUT2D eigenvalue weighted by atomic mass is 10.0. The highest BCUT2D eigenvalue weighted by molar-refractivity contribution is 7.99. The summed E-state index contributed by atoms with van der Waals surface area (Å²) in [6, 6.07) is 0.588. The SMILES string of the molecule is CCN(C(=O)C1CCCCN1)C1CCSC1. The number of carbonyl (C=O) groups is 1. The van der Waals surface area contributed by atoms with Gasteiger partial charge in [0.2, 0.25) is 5.91 Å². The Morgan fingerprint density at radius 2 is 2.31 bits per heavy atom. The van der Waals surface area contributed by atoms with Crippen molar-refractivity contribution in [3.8, 4) is 0 Å². The molecule has 92 valence electrons. The van der Waals surface area contributed by atoms with E-state index in [1.807, 2.05) is 11.8 Å². The standard InChI is InChI=1S/C12H22N2OS/c1-2-14(10-6-8-16-9-10)12(15)11-5-3-4-7-13-11/h10-11,13H,2-9H2,1H3. The monoisotopic (exact) mass is 242 g/mol. The van der Waals surface area contributed by atoms with Crippen molar-refractivity contribution < 1.29 is 4.79 Å². The van der Waals surface area contributed by atoms with Gasteiger partial charge in [0.05, 0.1) is 6.04 Å². The molecule has 2 atom stereocenters. The van der Waals surface area contributed by atoms with Crippen LogP contribution in [0.3, 0.4) is 0 Å². The molecule has 0 aromatic heterocycles. The first kappa shape index (κ1) is 12.2. The molecule has 0 bridgehead atoms. The van der Waals surface area contributed by atoms with Crippen LogP contribution < -0.4 is 5.32 Å². The van der Waals surface area contributed by atoms with E-state index in [4.69, 9.17) is 0 Å². The predicted octanol–water partition coefficient (Wildman–Crippen LogP) is 1.48. The first-order valence-electron chi connectivity index (χ1n) is 6.44. The second-order valence-electron chi connectivity index (χ2n) is 4.64. The van der Waals surface area contributed by atoms with Gasteiger partial charge in [-0.15, -0.1) is 0 Å². The van der Waals surface area contributed by atoms with Crippen molar-refractivity contribution in [3.63, 3.8) is 0 Å². The van der Waals surface area contributed by atoms with Gasteiger partial charge in [-0.2, -0.15) is 11.8 Å². The van der Waals surface area contributed by atoms with Crippen LogP contribution in [-0.2, 0) is 4.79 Å². The molecule has 16 heavy (non-hydrogen) atoms. The molecule has 3 nitrogen and oxygen atoms in total. The minimum atomic E-state index is 0.0966. The van der Waals surface area contributed by atoms with Gasteiger partial charge in [-0.1, -0.05) is 6.42 Å². The number of hydrogen-bond donors (Lipinski definition) is 1. The molecule has 2 aliphatic heterocycles. The number of thioether (sulfide) groups is 1. The fourth-order valence-electron chi connectivity index (χ4n) is 2.62. The number of hydrogen-bond acceptors (Lipinski definition) is 3. The van der Waals surface area contributed by atoms with E-state index < -0.39 is 0 Å². The average Bonchev–Trinajstić information content (AvgIpc) is 2.85. The van der Waals surface area contributed by atoms with Gasteiger partial charge in [-0.05, 0) is 38.5 Å². The Kier molecular flexibility index (Phi) is 4.53. The number of nitrogens with one attached hydrogen (secondary N) is 1. The Balaban J connectivity index is 1.93. The van der Waals surface area contributed by atoms with Crippen LogP contribution in [0.15, 0.2) is 0 Å². The third-order valence-electron chi connectivity index (χ3n) is 3.58. The Labute approximate surface area is 102 Å². The minimum absolute atomic E-state index is 0.0966. The highest BCUT2D eigenvalue weighted by atomic mass is 32.2. The molecule has 1 amide bonds. The van der Waals surface area contributed by atoms with Crippen molar-refractivity contribution >= 4 is 17.7 Å². The van der Waals surface area contributed by atoms with Gasteiger partial charge in [0.15, 0.2) is 0 Å². The van der Waals surface area contributed by atoms with Gasteiger partial charge in [0.1, 0.15) is 0 Å². The van der Waals surface area contributed by atoms with E-state index in [1.165, 1.54) is 25.0 Å². The lowest BCUT2D eigenvalue weighted by Crippen LogP contribution is -2.51. The average molecular weight is 242 g/mol. The van der Waals surface area contributed by atoms with Crippen LogP contribution in [0.1, 0.15) is 32.6 Å². The largest absolute Gasteiger partial charge is 0.338 e. The van der Waals surface area contributed by atoms with E-state index in [0.717, 1.165) is 25.3 Å². The smallest absolute Gasteiger partial charge is 0.239 e. The Bertz CT molecular complexity index is 235. The zero-order chi connectivity index (χ0) is 11.4. The normalized spacial score (nSPS) is 30.3. The number of amides is 1. The van der Waals surface area contributed by atoms with Gasteiger partial charge in [-0.25, -0.2) is 0 Å². The van der Waals surface area contributed by atoms with E-state index >= 15 is 0 Å². The van der Waals surface area contributed by atoms with Crippen molar-refractivity contribution in [2.75, 3.05) is 24.6 Å².